The summed E-state index contributed by atoms with van der Waals surface area (Å²) in [7, 11) is -3.90. The molecule has 1 rings (SSSR count). The maximum absolute atomic E-state index is 10.2. The second-order valence-electron chi connectivity index (χ2n) is 2.98. The summed E-state index contributed by atoms with van der Waals surface area (Å²) >= 11 is 0. The molecule has 1 aliphatic heterocycles. The molecule has 0 spiro atoms. The third-order valence-corrected chi connectivity index (χ3v) is 2.55. The summed E-state index contributed by atoms with van der Waals surface area (Å²) in [5.41, 5.74) is 19.6. The molecule has 9 heteroatoms. The molecule has 1 fully saturated rings. The average Bonchev–Trinajstić information content (AvgIpc) is 2.96. The van der Waals surface area contributed by atoms with Crippen LogP contribution in [-0.2, 0) is 9.30 Å². The Hall–Kier alpha value is -0.0500. The normalized spacial score (nSPS) is 22.4. The maximum atomic E-state index is 10.2. The molecule has 0 bridgehead atoms. The molecule has 1 heterocycles. The molecule has 16 heavy (non-hydrogen) atoms. The van der Waals surface area contributed by atoms with E-state index in [9.17, 15) is 4.57 Å². The lowest BCUT2D eigenvalue weighted by Crippen LogP contribution is -2.11. The minimum absolute atomic E-state index is 0.254. The molecule has 1 aliphatic rings. The summed E-state index contributed by atoms with van der Waals surface area (Å²) < 4.78 is 14.7. The van der Waals surface area contributed by atoms with Crippen LogP contribution in [0.3, 0.4) is 0 Å². The van der Waals surface area contributed by atoms with Crippen LogP contribution in [0.15, 0.2) is 0 Å². The van der Waals surface area contributed by atoms with Crippen molar-refractivity contribution in [3.05, 3.63) is 0 Å². The standard InChI is InChI=1S/C3H7O4P.2C2H8N2/c1-2-3(7-2)8(4,5)6;2*3-1-2-4/h2-3H,1H3,(H2,4,5,6);2*1-4H2/t2-,3+;;/m0../s1. The topological polar surface area (TPSA) is 174 Å². The average molecular weight is 258 g/mol. The van der Waals surface area contributed by atoms with Crippen LogP contribution in [0, 0.1) is 0 Å². The van der Waals surface area contributed by atoms with Crippen molar-refractivity contribution in [3.63, 3.8) is 0 Å². The molecule has 1 saturated heterocycles. The Bertz CT molecular complexity index is 193. The summed E-state index contributed by atoms with van der Waals surface area (Å²) in [6.07, 6.45) is -0.254. The lowest BCUT2D eigenvalue weighted by atomic mass is 10.6. The van der Waals surface area contributed by atoms with Gasteiger partial charge in [-0.15, -0.1) is 0 Å². The van der Waals surface area contributed by atoms with Crippen molar-refractivity contribution in [2.75, 3.05) is 26.2 Å². The van der Waals surface area contributed by atoms with Gasteiger partial charge in [0.1, 0.15) is 0 Å². The predicted octanol–water partition coefficient (Wildman–Crippen LogP) is -2.28. The number of rotatable bonds is 3. The lowest BCUT2D eigenvalue weighted by Gasteiger charge is -1.93. The Labute approximate surface area is 95.5 Å². The maximum Gasteiger partial charge on any atom is 0.356 e. The van der Waals surface area contributed by atoms with E-state index in [2.05, 4.69) is 4.74 Å². The van der Waals surface area contributed by atoms with Crippen LogP contribution < -0.4 is 22.9 Å². The van der Waals surface area contributed by atoms with E-state index >= 15 is 0 Å². The lowest BCUT2D eigenvalue weighted by molar-refractivity contribution is 0.333. The first kappa shape index (κ1) is 18.3. The number of nitrogens with two attached hydrogens (primary N) is 4. The van der Waals surface area contributed by atoms with E-state index in [0.29, 0.717) is 26.2 Å². The SMILES string of the molecule is C[C@@H]1O[C@@H]1P(=O)(O)O.NCCN.NCCN. The van der Waals surface area contributed by atoms with Gasteiger partial charge in [0.05, 0.1) is 6.10 Å². The Morgan fingerprint density at radius 3 is 1.31 bits per heavy atom. The Morgan fingerprint density at radius 2 is 1.31 bits per heavy atom. The van der Waals surface area contributed by atoms with Crippen molar-refractivity contribution >= 4 is 7.60 Å². The zero-order valence-corrected chi connectivity index (χ0v) is 10.3. The molecule has 0 aromatic heterocycles. The highest BCUT2D eigenvalue weighted by atomic mass is 31.2. The fraction of sp³-hybridized carbons (Fsp3) is 1.00. The van der Waals surface area contributed by atoms with Crippen LogP contribution in [0.1, 0.15) is 6.92 Å². The molecule has 0 saturated carbocycles. The first-order valence-electron chi connectivity index (χ1n) is 4.86. The Balaban J connectivity index is 0. The van der Waals surface area contributed by atoms with Gasteiger partial charge in [-0.3, -0.25) is 4.57 Å². The quantitative estimate of drug-likeness (QED) is 0.242. The largest absolute Gasteiger partial charge is 0.356 e. The molecule has 0 aliphatic carbocycles. The summed E-state index contributed by atoms with van der Waals surface area (Å²) in [5.74, 6) is -0.817. The van der Waals surface area contributed by atoms with Gasteiger partial charge in [0.15, 0.2) is 5.85 Å². The van der Waals surface area contributed by atoms with Crippen molar-refractivity contribution in [3.8, 4) is 0 Å². The van der Waals surface area contributed by atoms with Crippen LogP contribution in [-0.4, -0.2) is 47.9 Å². The van der Waals surface area contributed by atoms with Crippen molar-refractivity contribution < 1.29 is 19.1 Å². The van der Waals surface area contributed by atoms with Gasteiger partial charge in [-0.25, -0.2) is 0 Å². The summed E-state index contributed by atoms with van der Waals surface area (Å²) in [5, 5.41) is 0. The Morgan fingerprint density at radius 1 is 1.06 bits per heavy atom. The molecule has 8 nitrogen and oxygen atoms in total. The van der Waals surface area contributed by atoms with Gasteiger partial charge in [0, 0.05) is 26.2 Å². The van der Waals surface area contributed by atoms with Crippen LogP contribution in [0.5, 0.6) is 0 Å². The fourth-order valence-corrected chi connectivity index (χ4v) is 1.42. The van der Waals surface area contributed by atoms with Gasteiger partial charge in [-0.05, 0) is 6.92 Å². The van der Waals surface area contributed by atoms with Gasteiger partial charge in [0.25, 0.3) is 0 Å². The molecular formula is C7H23N4O4P. The zero-order chi connectivity index (χ0) is 13.2. The van der Waals surface area contributed by atoms with Crippen LogP contribution in [0.2, 0.25) is 0 Å². The number of ether oxygens (including phenoxy) is 1. The first-order valence-corrected chi connectivity index (χ1v) is 6.54. The van der Waals surface area contributed by atoms with Gasteiger partial charge < -0.3 is 37.5 Å². The molecule has 0 aromatic carbocycles. The van der Waals surface area contributed by atoms with E-state index in [1.807, 2.05) is 0 Å². The van der Waals surface area contributed by atoms with Gasteiger partial charge in [-0.2, -0.15) is 0 Å². The molecule has 100 valence electrons. The van der Waals surface area contributed by atoms with E-state index in [1.54, 1.807) is 6.92 Å². The monoisotopic (exact) mass is 258 g/mol. The number of hydrogen-bond donors (Lipinski definition) is 6. The smallest absolute Gasteiger partial charge is 0.356 e. The van der Waals surface area contributed by atoms with E-state index in [-0.39, 0.29) is 6.10 Å². The van der Waals surface area contributed by atoms with Crippen LogP contribution in [0.4, 0.5) is 0 Å². The third kappa shape index (κ3) is 12.0. The molecule has 2 atom stereocenters. The van der Waals surface area contributed by atoms with Crippen molar-refractivity contribution in [1.29, 1.82) is 0 Å². The van der Waals surface area contributed by atoms with Gasteiger partial charge in [0.2, 0.25) is 0 Å². The highest BCUT2D eigenvalue weighted by molar-refractivity contribution is 7.52. The van der Waals surface area contributed by atoms with E-state index in [1.165, 1.54) is 0 Å². The second kappa shape index (κ2) is 10.1. The van der Waals surface area contributed by atoms with E-state index < -0.39 is 13.4 Å². The van der Waals surface area contributed by atoms with Crippen LogP contribution >= 0.6 is 7.60 Å². The number of hydrogen-bond acceptors (Lipinski definition) is 6. The third-order valence-electron chi connectivity index (χ3n) is 1.34. The van der Waals surface area contributed by atoms with Crippen molar-refractivity contribution in [2.45, 2.75) is 18.9 Å². The molecule has 10 N–H and O–H groups in total. The van der Waals surface area contributed by atoms with Gasteiger partial charge in [-0.1, -0.05) is 0 Å². The second-order valence-corrected chi connectivity index (χ2v) is 4.66. The molecular weight excluding hydrogens is 235 g/mol. The molecule has 0 radical (unpaired) electrons. The highest BCUT2D eigenvalue weighted by Crippen LogP contribution is 2.52. The van der Waals surface area contributed by atoms with E-state index in [0.717, 1.165) is 0 Å². The van der Waals surface area contributed by atoms with E-state index in [4.69, 9.17) is 32.7 Å². The summed E-state index contributed by atoms with van der Waals surface area (Å²) in [6.45, 7) is 4.02. The molecule has 0 unspecified atom stereocenters. The first-order chi connectivity index (χ1) is 7.34. The van der Waals surface area contributed by atoms with Crippen molar-refractivity contribution in [2.24, 2.45) is 22.9 Å². The zero-order valence-electron chi connectivity index (χ0n) is 9.45. The summed E-state index contributed by atoms with van der Waals surface area (Å²) in [4.78, 5) is 16.6. The van der Waals surface area contributed by atoms with Gasteiger partial charge >= 0.3 is 7.60 Å². The van der Waals surface area contributed by atoms with Crippen molar-refractivity contribution in [1.82, 2.24) is 0 Å². The highest BCUT2D eigenvalue weighted by Gasteiger charge is 2.48. The Kier molecular flexibility index (Phi) is 11.6. The number of epoxide rings is 1. The van der Waals surface area contributed by atoms with Crippen LogP contribution in [0.25, 0.3) is 0 Å². The predicted molar refractivity (Wildman–Crippen MR) is 62.6 cm³/mol. The minimum Gasteiger partial charge on any atom is -0.356 e. The molecule has 0 amide bonds. The summed E-state index contributed by atoms with van der Waals surface area (Å²) in [6, 6.07) is 0. The molecule has 0 aromatic rings. The minimum atomic E-state index is -3.90. The fourth-order valence-electron chi connectivity index (χ4n) is 0.527.